The number of carboxylic acid groups (broad SMARTS) is 1. The molecule has 22 heavy (non-hydrogen) atoms. The third kappa shape index (κ3) is 4.68. The highest BCUT2D eigenvalue weighted by molar-refractivity contribution is 5.86. The van der Waals surface area contributed by atoms with Gasteiger partial charge in [0.25, 0.3) is 0 Å². The summed E-state index contributed by atoms with van der Waals surface area (Å²) in [6.07, 6.45) is 4.64. The molecule has 1 unspecified atom stereocenters. The molecule has 0 spiro atoms. The molecule has 126 valence electrons. The Balaban J connectivity index is 1.87. The number of carbonyl (C=O) groups excluding carboxylic acids is 1. The van der Waals surface area contributed by atoms with E-state index in [-0.39, 0.29) is 0 Å². The smallest absolute Gasteiger partial charge is 0.305 e. The van der Waals surface area contributed by atoms with Crippen LogP contribution in [0.4, 0.5) is 0 Å². The number of hydrogen-bond donors (Lipinski definition) is 4. The van der Waals surface area contributed by atoms with Crippen LogP contribution in [0.1, 0.15) is 52.4 Å². The minimum Gasteiger partial charge on any atom is -0.481 e. The number of aliphatic hydroxyl groups excluding tert-OH is 1. The van der Waals surface area contributed by atoms with Gasteiger partial charge in [-0.05, 0) is 63.7 Å². The fourth-order valence-electron chi connectivity index (χ4n) is 3.15. The second kappa shape index (κ2) is 6.54. The normalized spacial score (nSPS) is 21.5. The third-order valence-corrected chi connectivity index (χ3v) is 4.96. The molecule has 0 aromatic rings. The van der Waals surface area contributed by atoms with Gasteiger partial charge in [-0.2, -0.15) is 0 Å². The molecule has 0 bridgehead atoms. The molecule has 0 aromatic heterocycles. The van der Waals surface area contributed by atoms with Crippen molar-refractivity contribution in [3.63, 3.8) is 0 Å². The van der Waals surface area contributed by atoms with E-state index >= 15 is 0 Å². The molecule has 0 aliphatic heterocycles. The Bertz CT molecular complexity index is 418. The van der Waals surface area contributed by atoms with Gasteiger partial charge in [0.2, 0.25) is 5.91 Å². The van der Waals surface area contributed by atoms with Crippen molar-refractivity contribution in [2.45, 2.75) is 70.1 Å². The van der Waals surface area contributed by atoms with Crippen molar-refractivity contribution in [1.29, 1.82) is 0 Å². The molecule has 2 rings (SSSR count). The second-order valence-corrected chi connectivity index (χ2v) is 7.51. The number of aliphatic hydroxyl groups is 1. The van der Waals surface area contributed by atoms with Crippen molar-refractivity contribution >= 4 is 11.9 Å². The van der Waals surface area contributed by atoms with Gasteiger partial charge in [-0.25, -0.2) is 0 Å². The van der Waals surface area contributed by atoms with Crippen LogP contribution < -0.4 is 11.1 Å². The topological polar surface area (TPSA) is 113 Å². The van der Waals surface area contributed by atoms with E-state index in [0.29, 0.717) is 12.3 Å². The van der Waals surface area contributed by atoms with Crippen LogP contribution in [0.2, 0.25) is 0 Å². The summed E-state index contributed by atoms with van der Waals surface area (Å²) in [4.78, 5) is 22.6. The highest BCUT2D eigenvalue weighted by Crippen LogP contribution is 2.51. The predicted octanol–water partition coefficient (Wildman–Crippen LogP) is 0.870. The summed E-state index contributed by atoms with van der Waals surface area (Å²) in [6.45, 7) is 3.53. The maximum Gasteiger partial charge on any atom is 0.305 e. The predicted molar refractivity (Wildman–Crippen MR) is 82.0 cm³/mol. The Morgan fingerprint density at radius 1 is 1.23 bits per heavy atom. The van der Waals surface area contributed by atoms with Crippen LogP contribution in [0.5, 0.6) is 0 Å². The van der Waals surface area contributed by atoms with Gasteiger partial charge < -0.3 is 21.3 Å². The van der Waals surface area contributed by atoms with E-state index in [4.69, 9.17) is 10.8 Å². The zero-order valence-corrected chi connectivity index (χ0v) is 13.4. The number of carboxylic acids is 1. The number of nitrogens with two attached hydrogens (primary N) is 1. The highest BCUT2D eigenvalue weighted by Gasteiger charge is 2.44. The van der Waals surface area contributed by atoms with Gasteiger partial charge in [-0.1, -0.05) is 0 Å². The molecule has 0 heterocycles. The molecular formula is C16H28N2O4. The number of rotatable bonds is 9. The molecule has 2 fully saturated rings. The first-order valence-electron chi connectivity index (χ1n) is 8.18. The Kier molecular flexibility index (Phi) is 5.12. The standard InChI is InChI=1S/C16H28N2O4/c1-16(2,18-15(22)12(17)8-14(20)21)13(19)7-11(9-3-4-9)10-5-6-10/h9-13,19H,3-8,17H2,1-2H3,(H,18,22)(H,20,21)/t12-,13?/m0/s1. The molecule has 2 atom stereocenters. The van der Waals surface area contributed by atoms with Gasteiger partial charge in [0.05, 0.1) is 24.1 Å². The Hall–Kier alpha value is -1.14. The van der Waals surface area contributed by atoms with Gasteiger partial charge in [0, 0.05) is 0 Å². The van der Waals surface area contributed by atoms with Crippen LogP contribution in [0.25, 0.3) is 0 Å². The summed E-state index contributed by atoms with van der Waals surface area (Å²) in [6, 6.07) is -1.09. The minimum atomic E-state index is -1.11. The van der Waals surface area contributed by atoms with Crippen molar-refractivity contribution in [1.82, 2.24) is 5.32 Å². The minimum absolute atomic E-state index is 0.412. The van der Waals surface area contributed by atoms with E-state index in [1.54, 1.807) is 13.8 Å². The van der Waals surface area contributed by atoms with E-state index in [2.05, 4.69) is 5.32 Å². The van der Waals surface area contributed by atoms with Crippen molar-refractivity contribution in [2.24, 2.45) is 23.5 Å². The Labute approximate surface area is 131 Å². The second-order valence-electron chi connectivity index (χ2n) is 7.51. The van der Waals surface area contributed by atoms with E-state index in [0.717, 1.165) is 11.8 Å². The van der Waals surface area contributed by atoms with Crippen molar-refractivity contribution in [2.75, 3.05) is 0 Å². The average molecular weight is 312 g/mol. The fourth-order valence-corrected chi connectivity index (χ4v) is 3.15. The molecule has 2 aliphatic rings. The highest BCUT2D eigenvalue weighted by atomic mass is 16.4. The summed E-state index contributed by atoms with van der Waals surface area (Å²) in [5.74, 6) is 0.397. The molecule has 5 N–H and O–H groups in total. The summed E-state index contributed by atoms with van der Waals surface area (Å²) in [5.41, 5.74) is 4.76. The van der Waals surface area contributed by atoms with E-state index in [1.807, 2.05) is 0 Å². The molecule has 2 saturated carbocycles. The van der Waals surface area contributed by atoms with E-state index in [9.17, 15) is 14.7 Å². The molecule has 0 aromatic carbocycles. The first-order valence-corrected chi connectivity index (χ1v) is 8.18. The van der Waals surface area contributed by atoms with Crippen molar-refractivity contribution in [3.05, 3.63) is 0 Å². The molecule has 6 nitrogen and oxygen atoms in total. The quantitative estimate of drug-likeness (QED) is 0.504. The number of nitrogens with one attached hydrogen (secondary N) is 1. The lowest BCUT2D eigenvalue weighted by Gasteiger charge is -2.35. The van der Waals surface area contributed by atoms with Crippen molar-refractivity contribution in [3.8, 4) is 0 Å². The number of carbonyl (C=O) groups is 2. The maximum atomic E-state index is 12.0. The monoisotopic (exact) mass is 312 g/mol. The van der Waals surface area contributed by atoms with Crippen LogP contribution in [-0.4, -0.2) is 39.8 Å². The zero-order chi connectivity index (χ0) is 16.5. The van der Waals surface area contributed by atoms with Crippen LogP contribution in [-0.2, 0) is 9.59 Å². The van der Waals surface area contributed by atoms with Crippen LogP contribution in [0, 0.1) is 17.8 Å². The molecule has 1 amide bonds. The lowest BCUT2D eigenvalue weighted by Crippen LogP contribution is -2.57. The summed E-state index contributed by atoms with van der Waals surface area (Å²) in [7, 11) is 0. The van der Waals surface area contributed by atoms with Crippen LogP contribution in [0.3, 0.4) is 0 Å². The van der Waals surface area contributed by atoms with Crippen LogP contribution in [0.15, 0.2) is 0 Å². The number of hydrogen-bond acceptors (Lipinski definition) is 4. The Morgan fingerprint density at radius 3 is 2.14 bits per heavy atom. The van der Waals surface area contributed by atoms with E-state index < -0.39 is 36.0 Å². The summed E-state index contributed by atoms with van der Waals surface area (Å²) in [5, 5.41) is 21.9. The van der Waals surface area contributed by atoms with Gasteiger partial charge in [-0.3, -0.25) is 9.59 Å². The lowest BCUT2D eigenvalue weighted by atomic mass is 9.84. The fraction of sp³-hybridized carbons (Fsp3) is 0.875. The molecule has 6 heteroatoms. The summed E-state index contributed by atoms with van der Waals surface area (Å²) >= 11 is 0. The SMILES string of the molecule is CC(C)(NC(=O)[C@@H](N)CC(=O)O)C(O)CC(C1CC1)C1CC1. The average Bonchev–Trinajstić information content (AvgIpc) is 3.26. The summed E-state index contributed by atoms with van der Waals surface area (Å²) < 4.78 is 0. The number of amides is 1. The first kappa shape index (κ1) is 17.2. The van der Waals surface area contributed by atoms with Gasteiger partial charge in [0.15, 0.2) is 0 Å². The van der Waals surface area contributed by atoms with Crippen molar-refractivity contribution < 1.29 is 19.8 Å². The maximum absolute atomic E-state index is 12.0. The molecule has 2 aliphatic carbocycles. The van der Waals surface area contributed by atoms with Gasteiger partial charge in [0.1, 0.15) is 0 Å². The Morgan fingerprint density at radius 2 is 1.73 bits per heavy atom. The van der Waals surface area contributed by atoms with Gasteiger partial charge >= 0.3 is 5.97 Å². The molecule has 0 radical (unpaired) electrons. The largest absolute Gasteiger partial charge is 0.481 e. The molecular weight excluding hydrogens is 284 g/mol. The zero-order valence-electron chi connectivity index (χ0n) is 13.4. The van der Waals surface area contributed by atoms with Gasteiger partial charge in [-0.15, -0.1) is 0 Å². The lowest BCUT2D eigenvalue weighted by molar-refractivity contribution is -0.140. The van der Waals surface area contributed by atoms with Crippen LogP contribution >= 0.6 is 0 Å². The third-order valence-electron chi connectivity index (χ3n) is 4.96. The number of aliphatic carboxylic acids is 1. The first-order chi connectivity index (χ1) is 10.2. The molecule has 0 saturated heterocycles. The van der Waals surface area contributed by atoms with E-state index in [1.165, 1.54) is 25.7 Å².